The van der Waals surface area contributed by atoms with Gasteiger partial charge >= 0.3 is 0 Å². The lowest BCUT2D eigenvalue weighted by atomic mass is 9.92. The van der Waals surface area contributed by atoms with Crippen LogP contribution in [0.25, 0.3) is 16.6 Å². The van der Waals surface area contributed by atoms with Gasteiger partial charge in [0.2, 0.25) is 5.91 Å². The van der Waals surface area contributed by atoms with Crippen LogP contribution < -0.4 is 5.73 Å². The fraction of sp³-hybridized carbons (Fsp3) is 0.500. The van der Waals surface area contributed by atoms with Crippen LogP contribution in [0.2, 0.25) is 0 Å². The monoisotopic (exact) mass is 379 g/mol. The molecule has 1 fully saturated rings. The van der Waals surface area contributed by atoms with E-state index < -0.39 is 0 Å². The molecule has 1 aliphatic heterocycles. The first kappa shape index (κ1) is 18.9. The number of nitrogens with two attached hydrogens (primary N) is 1. The first-order chi connectivity index (χ1) is 13.5. The van der Waals surface area contributed by atoms with E-state index in [0.29, 0.717) is 18.8 Å². The zero-order valence-corrected chi connectivity index (χ0v) is 17.0. The van der Waals surface area contributed by atoms with Crippen molar-refractivity contribution in [3.05, 3.63) is 41.2 Å². The molecule has 6 nitrogen and oxygen atoms in total. The normalized spacial score (nSPS) is 18.7. The van der Waals surface area contributed by atoms with Gasteiger partial charge in [-0.15, -0.1) is 0 Å². The Kier molecular flexibility index (Phi) is 5.06. The Hall–Kier alpha value is -2.47. The molecule has 1 saturated heterocycles. The first-order valence-corrected chi connectivity index (χ1v) is 10.2. The van der Waals surface area contributed by atoms with Crippen molar-refractivity contribution >= 4 is 22.5 Å². The van der Waals surface area contributed by atoms with Crippen LogP contribution in [0.15, 0.2) is 24.3 Å². The Bertz CT molecular complexity index is 1020. The summed E-state index contributed by atoms with van der Waals surface area (Å²) in [4.78, 5) is 19.6. The number of aryl methyl sites for hydroxylation is 2. The van der Waals surface area contributed by atoms with Crippen molar-refractivity contribution < 1.29 is 4.79 Å². The van der Waals surface area contributed by atoms with Crippen LogP contribution in [0.5, 0.6) is 0 Å². The third-order valence-electron chi connectivity index (χ3n) is 6.16. The maximum absolute atomic E-state index is 12.8. The van der Waals surface area contributed by atoms with E-state index in [9.17, 15) is 4.79 Å². The van der Waals surface area contributed by atoms with E-state index in [1.807, 2.05) is 41.5 Å². The van der Waals surface area contributed by atoms with Gasteiger partial charge in [0.15, 0.2) is 5.65 Å². The van der Waals surface area contributed by atoms with Crippen LogP contribution >= 0.6 is 0 Å². The molecule has 148 valence electrons. The van der Waals surface area contributed by atoms with Crippen LogP contribution in [0.3, 0.4) is 0 Å². The number of likely N-dealkylation sites (tertiary alicyclic amines) is 1. The summed E-state index contributed by atoms with van der Waals surface area (Å²) in [5.74, 6) is 0.630. The lowest BCUT2D eigenvalue weighted by Crippen LogP contribution is -2.45. The van der Waals surface area contributed by atoms with Gasteiger partial charge in [-0.1, -0.05) is 12.1 Å². The minimum atomic E-state index is 0.139. The number of benzene rings is 1. The summed E-state index contributed by atoms with van der Waals surface area (Å²) in [6.45, 7) is 7.78. The average Bonchev–Trinajstić information content (AvgIpc) is 3.06. The van der Waals surface area contributed by atoms with Crippen LogP contribution in [0, 0.1) is 19.8 Å². The lowest BCUT2D eigenvalue weighted by Gasteiger charge is -2.34. The fourth-order valence-electron chi connectivity index (χ4n) is 4.39. The van der Waals surface area contributed by atoms with Gasteiger partial charge in [-0.05, 0) is 63.6 Å². The van der Waals surface area contributed by atoms with Gasteiger partial charge in [-0.25, -0.2) is 9.50 Å². The Balaban J connectivity index is 1.55. The summed E-state index contributed by atoms with van der Waals surface area (Å²) >= 11 is 0. The van der Waals surface area contributed by atoms with E-state index in [0.717, 1.165) is 59.4 Å². The molecule has 2 N–H and O–H groups in total. The molecule has 0 radical (unpaired) electrons. The maximum Gasteiger partial charge on any atom is 0.222 e. The third-order valence-corrected chi connectivity index (χ3v) is 6.16. The minimum absolute atomic E-state index is 0.139. The Morgan fingerprint density at radius 1 is 1.32 bits per heavy atom. The molecule has 4 rings (SSSR count). The molecule has 1 aliphatic rings. The average molecular weight is 380 g/mol. The smallest absolute Gasteiger partial charge is 0.222 e. The largest absolute Gasteiger partial charge is 0.342 e. The highest BCUT2D eigenvalue weighted by molar-refractivity contribution is 5.92. The molecule has 0 spiro atoms. The van der Waals surface area contributed by atoms with E-state index in [2.05, 4.69) is 13.0 Å². The molecule has 0 bridgehead atoms. The second kappa shape index (κ2) is 7.51. The molecule has 1 aromatic carbocycles. The number of rotatable bonds is 4. The molecule has 6 heteroatoms. The molecule has 3 heterocycles. The number of fused-ring (bicyclic) bond motifs is 3. The van der Waals surface area contributed by atoms with Gasteiger partial charge in [-0.3, -0.25) is 4.79 Å². The topological polar surface area (TPSA) is 76.5 Å². The Labute approximate surface area is 165 Å². The predicted octanol–water partition coefficient (Wildman–Crippen LogP) is 3.02. The molecule has 1 amide bonds. The number of carbonyl (C=O) groups is 1. The summed E-state index contributed by atoms with van der Waals surface area (Å²) in [6, 6.07) is 8.20. The molecule has 2 unspecified atom stereocenters. The first-order valence-electron chi connectivity index (χ1n) is 10.2. The van der Waals surface area contributed by atoms with E-state index >= 15 is 0 Å². The van der Waals surface area contributed by atoms with Crippen LogP contribution in [0.4, 0.5) is 0 Å². The van der Waals surface area contributed by atoms with Gasteiger partial charge < -0.3 is 10.6 Å². The van der Waals surface area contributed by atoms with E-state index in [1.54, 1.807) is 0 Å². The van der Waals surface area contributed by atoms with Crippen molar-refractivity contribution in [2.45, 2.75) is 52.5 Å². The second-order valence-electron chi connectivity index (χ2n) is 8.11. The minimum Gasteiger partial charge on any atom is -0.342 e. The molecule has 0 saturated carbocycles. The Morgan fingerprint density at radius 3 is 2.89 bits per heavy atom. The van der Waals surface area contributed by atoms with Crippen LogP contribution in [-0.2, 0) is 11.2 Å². The summed E-state index contributed by atoms with van der Waals surface area (Å²) in [6.07, 6.45) is 3.35. The Morgan fingerprint density at radius 2 is 2.11 bits per heavy atom. The van der Waals surface area contributed by atoms with Gasteiger partial charge in [0.05, 0.1) is 5.52 Å². The second-order valence-corrected chi connectivity index (χ2v) is 8.11. The molecular weight excluding hydrogens is 350 g/mol. The predicted molar refractivity (Wildman–Crippen MR) is 111 cm³/mol. The SMILES string of the molecule is Cc1nc2c3ccccc3nn2c(C)c1CCC(=O)N1CCCC(C(C)N)C1. The van der Waals surface area contributed by atoms with Crippen molar-refractivity contribution in [1.82, 2.24) is 19.5 Å². The zero-order chi connectivity index (χ0) is 19.8. The number of piperidine rings is 1. The summed E-state index contributed by atoms with van der Waals surface area (Å²) in [5.41, 5.74) is 11.1. The quantitative estimate of drug-likeness (QED) is 0.756. The number of hydrogen-bond donors (Lipinski definition) is 1. The third kappa shape index (κ3) is 3.37. The van der Waals surface area contributed by atoms with Crippen LogP contribution in [0.1, 0.15) is 43.1 Å². The number of carbonyl (C=O) groups excluding carboxylic acids is 1. The van der Waals surface area contributed by atoms with Gasteiger partial charge in [0.1, 0.15) is 0 Å². The summed E-state index contributed by atoms with van der Waals surface area (Å²) < 4.78 is 1.92. The fourth-order valence-corrected chi connectivity index (χ4v) is 4.39. The number of aromatic nitrogens is 3. The van der Waals surface area contributed by atoms with E-state index in [4.69, 9.17) is 15.8 Å². The molecule has 3 aromatic rings. The van der Waals surface area contributed by atoms with Crippen molar-refractivity contribution in [1.29, 1.82) is 0 Å². The van der Waals surface area contributed by atoms with Crippen molar-refractivity contribution in [3.63, 3.8) is 0 Å². The van der Waals surface area contributed by atoms with Crippen molar-refractivity contribution in [3.8, 4) is 0 Å². The van der Waals surface area contributed by atoms with Crippen molar-refractivity contribution in [2.75, 3.05) is 13.1 Å². The number of amides is 1. The molecule has 0 aliphatic carbocycles. The highest BCUT2D eigenvalue weighted by atomic mass is 16.2. The number of nitrogens with zero attached hydrogens (tertiary/aromatic N) is 4. The zero-order valence-electron chi connectivity index (χ0n) is 17.0. The molecular formula is C22H29N5O. The highest BCUT2D eigenvalue weighted by Crippen LogP contribution is 2.24. The lowest BCUT2D eigenvalue weighted by molar-refractivity contribution is -0.133. The maximum atomic E-state index is 12.8. The van der Waals surface area contributed by atoms with Crippen molar-refractivity contribution in [2.24, 2.45) is 11.7 Å². The summed E-state index contributed by atoms with van der Waals surface area (Å²) in [5, 5.41) is 5.77. The molecule has 2 aromatic heterocycles. The number of hydrogen-bond acceptors (Lipinski definition) is 4. The van der Waals surface area contributed by atoms with E-state index in [-0.39, 0.29) is 11.9 Å². The van der Waals surface area contributed by atoms with Gasteiger partial charge in [0, 0.05) is 42.3 Å². The molecule has 2 atom stereocenters. The highest BCUT2D eigenvalue weighted by Gasteiger charge is 2.26. The molecule has 28 heavy (non-hydrogen) atoms. The van der Waals surface area contributed by atoms with Crippen LogP contribution in [-0.4, -0.2) is 44.5 Å². The summed E-state index contributed by atoms with van der Waals surface area (Å²) in [7, 11) is 0. The van der Waals surface area contributed by atoms with Gasteiger partial charge in [0.25, 0.3) is 0 Å². The standard InChI is InChI=1S/C22H29N5O/c1-14(23)17-7-6-12-26(13-17)21(28)11-10-18-15(2)24-22-19-8-4-5-9-20(19)25-27(22)16(18)3/h4-5,8-9,14,17H,6-7,10-13,23H2,1-3H3. The van der Waals surface area contributed by atoms with Gasteiger partial charge in [-0.2, -0.15) is 5.10 Å². The van der Waals surface area contributed by atoms with E-state index in [1.165, 1.54) is 0 Å².